The van der Waals surface area contributed by atoms with Crippen LogP contribution in [0, 0.1) is 17.8 Å². The second-order valence-electron chi connectivity index (χ2n) is 5.53. The van der Waals surface area contributed by atoms with Gasteiger partial charge in [-0.1, -0.05) is 33.6 Å². The Morgan fingerprint density at radius 2 is 2.00 bits per heavy atom. The van der Waals surface area contributed by atoms with Gasteiger partial charge in [0.05, 0.1) is 5.92 Å². The summed E-state index contributed by atoms with van der Waals surface area (Å²) < 4.78 is 0. The zero-order valence-electron chi connectivity index (χ0n) is 12.2. The maximum atomic E-state index is 12.0. The van der Waals surface area contributed by atoms with E-state index in [9.17, 15) is 9.59 Å². The van der Waals surface area contributed by atoms with Crippen molar-refractivity contribution in [3.8, 4) is 0 Å². The third-order valence-electron chi connectivity index (χ3n) is 4.21. The van der Waals surface area contributed by atoms with E-state index in [0.29, 0.717) is 32.0 Å². The van der Waals surface area contributed by atoms with Crippen LogP contribution in [-0.4, -0.2) is 41.6 Å². The second kappa shape index (κ2) is 7.36. The SMILES string of the molecule is CCC(CC)CNC(=O)N1CCC(C(=O)O)C(C)C1. The van der Waals surface area contributed by atoms with Crippen molar-refractivity contribution in [3.05, 3.63) is 0 Å². The van der Waals surface area contributed by atoms with Crippen LogP contribution in [-0.2, 0) is 4.79 Å². The number of nitrogens with one attached hydrogen (secondary N) is 1. The zero-order chi connectivity index (χ0) is 14.4. The minimum Gasteiger partial charge on any atom is -0.481 e. The highest BCUT2D eigenvalue weighted by Gasteiger charge is 2.32. The van der Waals surface area contributed by atoms with E-state index in [1.807, 2.05) is 6.92 Å². The number of hydrogen-bond donors (Lipinski definition) is 2. The number of urea groups is 1. The molecule has 0 saturated carbocycles. The van der Waals surface area contributed by atoms with E-state index in [1.165, 1.54) is 0 Å². The molecular formula is C14H26N2O3. The van der Waals surface area contributed by atoms with Crippen LogP contribution in [0.4, 0.5) is 4.79 Å². The summed E-state index contributed by atoms with van der Waals surface area (Å²) in [5, 5.41) is 12.0. The van der Waals surface area contributed by atoms with Crippen LogP contribution < -0.4 is 5.32 Å². The molecule has 0 aliphatic carbocycles. The number of likely N-dealkylation sites (tertiary alicyclic amines) is 1. The maximum Gasteiger partial charge on any atom is 0.317 e. The smallest absolute Gasteiger partial charge is 0.317 e. The van der Waals surface area contributed by atoms with Crippen LogP contribution in [0.1, 0.15) is 40.0 Å². The van der Waals surface area contributed by atoms with Crippen LogP contribution in [0.3, 0.4) is 0 Å². The fourth-order valence-electron chi connectivity index (χ4n) is 2.62. The minimum atomic E-state index is -0.746. The van der Waals surface area contributed by atoms with Crippen molar-refractivity contribution >= 4 is 12.0 Å². The second-order valence-corrected chi connectivity index (χ2v) is 5.53. The number of carbonyl (C=O) groups excluding carboxylic acids is 1. The Morgan fingerprint density at radius 1 is 1.37 bits per heavy atom. The third-order valence-corrected chi connectivity index (χ3v) is 4.21. The Hall–Kier alpha value is -1.26. The molecular weight excluding hydrogens is 244 g/mol. The third kappa shape index (κ3) is 4.40. The molecule has 110 valence electrons. The average Bonchev–Trinajstić information content (AvgIpc) is 2.39. The van der Waals surface area contributed by atoms with Crippen LogP contribution in [0.25, 0.3) is 0 Å². The Kier molecular flexibility index (Phi) is 6.12. The topological polar surface area (TPSA) is 69.6 Å². The first-order valence-corrected chi connectivity index (χ1v) is 7.25. The van der Waals surface area contributed by atoms with Crippen LogP contribution in [0.5, 0.6) is 0 Å². The molecule has 5 heteroatoms. The number of carboxylic acid groups (broad SMARTS) is 1. The number of hydrogen-bond acceptors (Lipinski definition) is 2. The van der Waals surface area contributed by atoms with E-state index in [4.69, 9.17) is 5.11 Å². The highest BCUT2D eigenvalue weighted by molar-refractivity contribution is 5.75. The van der Waals surface area contributed by atoms with Crippen molar-refractivity contribution in [1.82, 2.24) is 10.2 Å². The molecule has 2 amide bonds. The molecule has 0 spiro atoms. The molecule has 2 N–H and O–H groups in total. The Bertz CT molecular complexity index is 316. The Balaban J connectivity index is 2.41. The summed E-state index contributed by atoms with van der Waals surface area (Å²) in [4.78, 5) is 24.8. The predicted octanol–water partition coefficient (Wildman–Crippen LogP) is 2.17. The fourth-order valence-corrected chi connectivity index (χ4v) is 2.62. The van der Waals surface area contributed by atoms with Crippen molar-refractivity contribution in [2.75, 3.05) is 19.6 Å². The van der Waals surface area contributed by atoms with E-state index >= 15 is 0 Å². The molecule has 1 heterocycles. The molecule has 19 heavy (non-hydrogen) atoms. The van der Waals surface area contributed by atoms with Gasteiger partial charge in [0.25, 0.3) is 0 Å². The number of piperidine rings is 1. The van der Waals surface area contributed by atoms with Gasteiger partial charge in [-0.3, -0.25) is 4.79 Å². The van der Waals surface area contributed by atoms with Crippen molar-refractivity contribution in [2.45, 2.75) is 40.0 Å². The molecule has 5 nitrogen and oxygen atoms in total. The fraction of sp³-hybridized carbons (Fsp3) is 0.857. The molecule has 0 aromatic heterocycles. The van der Waals surface area contributed by atoms with E-state index in [1.54, 1.807) is 4.90 Å². The van der Waals surface area contributed by atoms with Gasteiger partial charge in [0, 0.05) is 19.6 Å². The van der Waals surface area contributed by atoms with Crippen LogP contribution >= 0.6 is 0 Å². The van der Waals surface area contributed by atoms with Gasteiger partial charge in [0.1, 0.15) is 0 Å². The quantitative estimate of drug-likeness (QED) is 0.804. The largest absolute Gasteiger partial charge is 0.481 e. The first kappa shape index (κ1) is 15.8. The summed E-state index contributed by atoms with van der Waals surface area (Å²) in [5.74, 6) is -0.518. The highest BCUT2D eigenvalue weighted by Crippen LogP contribution is 2.23. The molecule has 2 atom stereocenters. The van der Waals surface area contributed by atoms with Crippen molar-refractivity contribution in [2.24, 2.45) is 17.8 Å². The molecule has 0 radical (unpaired) electrons. The summed E-state index contributed by atoms with van der Waals surface area (Å²) >= 11 is 0. The molecule has 2 unspecified atom stereocenters. The number of amides is 2. The molecule has 0 bridgehead atoms. The lowest BCUT2D eigenvalue weighted by molar-refractivity contribution is -0.145. The Morgan fingerprint density at radius 3 is 2.47 bits per heavy atom. The first-order chi connectivity index (χ1) is 8.99. The van der Waals surface area contributed by atoms with Crippen LogP contribution in [0.15, 0.2) is 0 Å². The average molecular weight is 270 g/mol. The molecule has 0 aromatic carbocycles. The lowest BCUT2D eigenvalue weighted by atomic mass is 9.87. The number of aliphatic carboxylic acids is 1. The summed E-state index contributed by atoms with van der Waals surface area (Å²) in [7, 11) is 0. The van der Waals surface area contributed by atoms with E-state index in [-0.39, 0.29) is 17.9 Å². The van der Waals surface area contributed by atoms with Gasteiger partial charge in [-0.05, 0) is 18.3 Å². The lowest BCUT2D eigenvalue weighted by Crippen LogP contribution is -2.49. The number of nitrogens with zero attached hydrogens (tertiary/aromatic N) is 1. The van der Waals surface area contributed by atoms with Gasteiger partial charge in [-0.2, -0.15) is 0 Å². The van der Waals surface area contributed by atoms with Crippen molar-refractivity contribution < 1.29 is 14.7 Å². The Labute approximate surface area is 115 Å². The predicted molar refractivity (Wildman–Crippen MR) is 74.0 cm³/mol. The number of carbonyl (C=O) groups is 2. The van der Waals surface area contributed by atoms with Gasteiger partial charge in [-0.15, -0.1) is 0 Å². The number of rotatable bonds is 5. The molecule has 1 aliphatic rings. The standard InChI is InChI=1S/C14H26N2O3/c1-4-11(5-2)8-15-14(19)16-7-6-12(13(17)18)10(3)9-16/h10-12H,4-9H2,1-3H3,(H,15,19)(H,17,18). The monoisotopic (exact) mass is 270 g/mol. The van der Waals surface area contributed by atoms with Gasteiger partial charge < -0.3 is 15.3 Å². The number of carboxylic acids is 1. The summed E-state index contributed by atoms with van der Waals surface area (Å²) in [6.45, 7) is 7.93. The zero-order valence-corrected chi connectivity index (χ0v) is 12.2. The van der Waals surface area contributed by atoms with Gasteiger partial charge in [0.2, 0.25) is 0 Å². The summed E-state index contributed by atoms with van der Waals surface area (Å²) in [6.07, 6.45) is 2.68. The van der Waals surface area contributed by atoms with Gasteiger partial charge >= 0.3 is 12.0 Å². The van der Waals surface area contributed by atoms with Crippen molar-refractivity contribution in [3.63, 3.8) is 0 Å². The molecule has 1 fully saturated rings. The molecule has 1 rings (SSSR count). The van der Waals surface area contributed by atoms with Gasteiger partial charge in [0.15, 0.2) is 0 Å². The van der Waals surface area contributed by atoms with E-state index in [0.717, 1.165) is 12.8 Å². The maximum absolute atomic E-state index is 12.0. The molecule has 1 aliphatic heterocycles. The van der Waals surface area contributed by atoms with E-state index in [2.05, 4.69) is 19.2 Å². The normalized spacial score (nSPS) is 23.5. The van der Waals surface area contributed by atoms with E-state index < -0.39 is 5.97 Å². The molecule has 0 aromatic rings. The van der Waals surface area contributed by atoms with Crippen LogP contribution in [0.2, 0.25) is 0 Å². The lowest BCUT2D eigenvalue weighted by Gasteiger charge is -2.35. The summed E-state index contributed by atoms with van der Waals surface area (Å²) in [6, 6.07) is -0.0532. The molecule has 1 saturated heterocycles. The minimum absolute atomic E-state index is 0.0187. The van der Waals surface area contributed by atoms with Gasteiger partial charge in [-0.25, -0.2) is 4.79 Å². The summed E-state index contributed by atoms with van der Waals surface area (Å²) in [5.41, 5.74) is 0. The van der Waals surface area contributed by atoms with Crippen molar-refractivity contribution in [1.29, 1.82) is 0 Å². The first-order valence-electron chi connectivity index (χ1n) is 7.25. The highest BCUT2D eigenvalue weighted by atomic mass is 16.4.